The molecular formula is C23H23NO8. The predicted octanol–water partition coefficient (Wildman–Crippen LogP) is 2.16. The molecule has 1 fully saturated rings. The van der Waals surface area contributed by atoms with E-state index in [0.717, 1.165) is 16.7 Å². The lowest BCUT2D eigenvalue weighted by molar-refractivity contribution is -0.141. The molecule has 1 N–H and O–H groups in total. The van der Waals surface area contributed by atoms with Gasteiger partial charge in [0.2, 0.25) is 19.0 Å². The van der Waals surface area contributed by atoms with Crippen molar-refractivity contribution < 1.29 is 38.0 Å². The van der Waals surface area contributed by atoms with Gasteiger partial charge in [0.15, 0.2) is 23.0 Å². The van der Waals surface area contributed by atoms with E-state index in [1.165, 1.54) is 7.11 Å². The Morgan fingerprint density at radius 3 is 2.19 bits per heavy atom. The maximum atomic E-state index is 12.9. The molecule has 168 valence electrons. The predicted molar refractivity (Wildman–Crippen MR) is 110 cm³/mol. The minimum atomic E-state index is -0.511. The summed E-state index contributed by atoms with van der Waals surface area (Å²) >= 11 is 0. The van der Waals surface area contributed by atoms with Crippen molar-refractivity contribution in [2.75, 3.05) is 34.7 Å². The molecule has 0 bridgehead atoms. The highest BCUT2D eigenvalue weighted by molar-refractivity contribution is 5.79. The topological polar surface area (TPSA) is 102 Å². The summed E-state index contributed by atoms with van der Waals surface area (Å²) in [7, 11) is 4.63. The SMILES string of the molecule is COc1cc([C@@H]2c3cc4c(cc3[C@@H](NC=O)[C@H]3COC(=O)[C@H]23)OCO4)cc(OC)c1OC. The van der Waals surface area contributed by atoms with Crippen molar-refractivity contribution in [2.24, 2.45) is 11.8 Å². The molecule has 4 atom stereocenters. The zero-order valence-corrected chi connectivity index (χ0v) is 17.9. The van der Waals surface area contributed by atoms with Crippen LogP contribution in [0.15, 0.2) is 24.3 Å². The van der Waals surface area contributed by atoms with E-state index in [1.54, 1.807) is 14.2 Å². The third kappa shape index (κ3) is 2.91. The molecule has 0 radical (unpaired) electrons. The number of benzene rings is 2. The zero-order valence-electron chi connectivity index (χ0n) is 17.9. The Labute approximate surface area is 184 Å². The van der Waals surface area contributed by atoms with Crippen LogP contribution in [0.2, 0.25) is 0 Å². The number of fused-ring (bicyclic) bond motifs is 3. The molecule has 0 spiro atoms. The van der Waals surface area contributed by atoms with Gasteiger partial charge in [-0.15, -0.1) is 0 Å². The fourth-order valence-electron chi connectivity index (χ4n) is 5.13. The summed E-state index contributed by atoms with van der Waals surface area (Å²) in [5.41, 5.74) is 2.51. The van der Waals surface area contributed by atoms with Crippen LogP contribution in [0.5, 0.6) is 28.7 Å². The molecular weight excluding hydrogens is 418 g/mol. The van der Waals surface area contributed by atoms with E-state index < -0.39 is 12.0 Å². The van der Waals surface area contributed by atoms with Gasteiger partial charge in [0.05, 0.1) is 39.9 Å². The first-order valence-corrected chi connectivity index (χ1v) is 10.2. The van der Waals surface area contributed by atoms with Gasteiger partial charge >= 0.3 is 5.97 Å². The molecule has 1 aliphatic carbocycles. The molecule has 0 saturated carbocycles. The third-order valence-electron chi connectivity index (χ3n) is 6.48. The Morgan fingerprint density at radius 1 is 0.938 bits per heavy atom. The molecule has 5 rings (SSSR count). The molecule has 2 aromatic rings. The molecule has 1 amide bonds. The van der Waals surface area contributed by atoms with Gasteiger partial charge in [-0.3, -0.25) is 9.59 Å². The minimum Gasteiger partial charge on any atom is -0.493 e. The molecule has 32 heavy (non-hydrogen) atoms. The highest BCUT2D eigenvalue weighted by Gasteiger charge is 2.52. The molecule has 0 aromatic heterocycles. The van der Waals surface area contributed by atoms with Gasteiger partial charge in [0.25, 0.3) is 0 Å². The lowest BCUT2D eigenvalue weighted by Crippen LogP contribution is -2.40. The zero-order chi connectivity index (χ0) is 22.4. The molecule has 9 heteroatoms. The first-order chi connectivity index (χ1) is 15.6. The van der Waals surface area contributed by atoms with Crippen molar-refractivity contribution in [3.8, 4) is 28.7 Å². The van der Waals surface area contributed by atoms with E-state index in [9.17, 15) is 9.59 Å². The van der Waals surface area contributed by atoms with Crippen LogP contribution in [-0.4, -0.2) is 47.1 Å². The number of esters is 1. The minimum absolute atomic E-state index is 0.119. The van der Waals surface area contributed by atoms with Crippen molar-refractivity contribution >= 4 is 12.4 Å². The van der Waals surface area contributed by atoms with Gasteiger partial charge in [0, 0.05) is 11.8 Å². The molecule has 1 saturated heterocycles. The number of hydrogen-bond acceptors (Lipinski definition) is 8. The number of carbonyl (C=O) groups is 2. The Hall–Kier alpha value is -3.62. The third-order valence-corrected chi connectivity index (χ3v) is 6.48. The van der Waals surface area contributed by atoms with Crippen LogP contribution in [0.4, 0.5) is 0 Å². The van der Waals surface area contributed by atoms with Crippen LogP contribution >= 0.6 is 0 Å². The Bertz CT molecular complexity index is 1060. The van der Waals surface area contributed by atoms with E-state index in [1.807, 2.05) is 24.3 Å². The number of rotatable bonds is 6. The molecule has 9 nitrogen and oxygen atoms in total. The summed E-state index contributed by atoms with van der Waals surface area (Å²) in [6.45, 7) is 0.331. The van der Waals surface area contributed by atoms with Gasteiger partial charge in [-0.1, -0.05) is 0 Å². The summed E-state index contributed by atoms with van der Waals surface area (Å²) in [5.74, 6) is 1.19. The van der Waals surface area contributed by atoms with Gasteiger partial charge in [-0.2, -0.15) is 0 Å². The summed E-state index contributed by atoms with van der Waals surface area (Å²) in [4.78, 5) is 24.4. The fraction of sp³-hybridized carbons (Fsp3) is 0.391. The molecule has 3 aliphatic rings. The number of amides is 1. The molecule has 2 aliphatic heterocycles. The molecule has 2 heterocycles. The first-order valence-electron chi connectivity index (χ1n) is 10.2. The monoisotopic (exact) mass is 441 g/mol. The van der Waals surface area contributed by atoms with E-state index in [4.69, 9.17) is 28.4 Å². The highest BCUT2D eigenvalue weighted by atomic mass is 16.7. The second-order valence-corrected chi connectivity index (χ2v) is 7.85. The lowest BCUT2D eigenvalue weighted by atomic mass is 9.65. The van der Waals surface area contributed by atoms with Crippen LogP contribution < -0.4 is 29.0 Å². The standard InChI is InChI=1S/C23H23NO8/c1-27-17-4-11(5-18(28-2)22(17)29-3)19-12-6-15-16(32-10-31-15)7-13(12)21(24-9-25)14-8-30-23(26)20(14)19/h4-7,9,14,19-21H,8,10H2,1-3H3,(H,24,25)/t14-,19+,20-,21+/m0/s1. The first kappa shape index (κ1) is 20.3. The average Bonchev–Trinajstić information content (AvgIpc) is 3.43. The molecule has 0 unspecified atom stereocenters. The number of ether oxygens (including phenoxy) is 6. The lowest BCUT2D eigenvalue weighted by Gasteiger charge is -2.39. The number of carbonyl (C=O) groups excluding carboxylic acids is 2. The number of methoxy groups -OCH3 is 3. The van der Waals surface area contributed by atoms with Gasteiger partial charge in [-0.05, 0) is 41.0 Å². The number of nitrogens with one attached hydrogen (secondary N) is 1. The second-order valence-electron chi connectivity index (χ2n) is 7.85. The number of hydrogen-bond donors (Lipinski definition) is 1. The average molecular weight is 441 g/mol. The summed E-state index contributed by atoms with van der Waals surface area (Å²) in [6.07, 6.45) is 0.651. The summed E-state index contributed by atoms with van der Waals surface area (Å²) < 4.78 is 33.2. The van der Waals surface area contributed by atoms with E-state index in [-0.39, 0.29) is 31.2 Å². The van der Waals surface area contributed by atoms with E-state index in [2.05, 4.69) is 5.32 Å². The van der Waals surface area contributed by atoms with Crippen molar-refractivity contribution in [1.82, 2.24) is 5.32 Å². The van der Waals surface area contributed by atoms with Crippen molar-refractivity contribution in [3.63, 3.8) is 0 Å². The maximum Gasteiger partial charge on any atom is 0.310 e. The largest absolute Gasteiger partial charge is 0.493 e. The van der Waals surface area contributed by atoms with Crippen molar-refractivity contribution in [1.29, 1.82) is 0 Å². The van der Waals surface area contributed by atoms with Crippen molar-refractivity contribution in [2.45, 2.75) is 12.0 Å². The highest BCUT2D eigenvalue weighted by Crippen LogP contribution is 2.55. The van der Waals surface area contributed by atoms with Crippen LogP contribution in [0.25, 0.3) is 0 Å². The van der Waals surface area contributed by atoms with Crippen LogP contribution in [-0.2, 0) is 14.3 Å². The quantitative estimate of drug-likeness (QED) is 0.538. The molecule has 2 aromatic carbocycles. The van der Waals surface area contributed by atoms with Crippen LogP contribution in [0.1, 0.15) is 28.7 Å². The van der Waals surface area contributed by atoms with Crippen molar-refractivity contribution in [3.05, 3.63) is 41.0 Å². The smallest absolute Gasteiger partial charge is 0.310 e. The normalized spacial score (nSPS) is 24.8. The van der Waals surface area contributed by atoms with Crippen LogP contribution in [0, 0.1) is 11.8 Å². The summed E-state index contributed by atoms with van der Waals surface area (Å²) in [5, 5.41) is 2.88. The van der Waals surface area contributed by atoms with E-state index in [0.29, 0.717) is 35.2 Å². The second kappa shape index (κ2) is 7.81. The Morgan fingerprint density at radius 2 is 1.59 bits per heavy atom. The van der Waals surface area contributed by atoms with Gasteiger partial charge < -0.3 is 33.7 Å². The van der Waals surface area contributed by atoms with Gasteiger partial charge in [0.1, 0.15) is 0 Å². The van der Waals surface area contributed by atoms with Crippen LogP contribution in [0.3, 0.4) is 0 Å². The Kier molecular flexibility index (Phi) is 4.96. The van der Waals surface area contributed by atoms with Gasteiger partial charge in [-0.25, -0.2) is 0 Å². The fourth-order valence-corrected chi connectivity index (χ4v) is 5.13. The number of cyclic esters (lactones) is 1. The summed E-state index contributed by atoms with van der Waals surface area (Å²) in [6, 6.07) is 7.05. The maximum absolute atomic E-state index is 12.9. The Balaban J connectivity index is 1.75. The van der Waals surface area contributed by atoms with E-state index >= 15 is 0 Å².